The molecular weight excluding hydrogens is 627 g/mol. The van der Waals surface area contributed by atoms with E-state index in [2.05, 4.69) is 25.8 Å². The number of nitrogens with one attached hydrogen (secondary N) is 1. The van der Waals surface area contributed by atoms with Gasteiger partial charge in [-0.25, -0.2) is 16.8 Å². The molecule has 0 atom stereocenters. The lowest BCUT2D eigenvalue weighted by atomic mass is 10.1. The van der Waals surface area contributed by atoms with Crippen LogP contribution in [0.15, 0.2) is 146 Å². The summed E-state index contributed by atoms with van der Waals surface area (Å²) in [7, 11) is -9.47. The molecule has 6 aromatic rings. The molecule has 0 aliphatic heterocycles. The van der Waals surface area contributed by atoms with Crippen LogP contribution in [-0.2, 0) is 20.2 Å². The highest BCUT2D eigenvalue weighted by atomic mass is 32.2. The smallest absolute Gasteiger partial charge is 0.125 e. The zero-order valence-electron chi connectivity index (χ0n) is 24.0. The summed E-state index contributed by atoms with van der Waals surface area (Å²) in [6, 6.07) is 31.2. The van der Waals surface area contributed by atoms with E-state index in [1.165, 1.54) is 30.3 Å². The maximum Gasteiger partial charge on any atom is 0.125 e. The summed E-state index contributed by atoms with van der Waals surface area (Å²) in [6.07, 6.45) is 0. The first-order chi connectivity index (χ1) is 22.0. The number of benzene rings is 6. The molecule has 0 radical (unpaired) electrons. The van der Waals surface area contributed by atoms with Crippen LogP contribution in [-0.4, -0.2) is 25.9 Å². The van der Waals surface area contributed by atoms with Crippen LogP contribution in [0.3, 0.4) is 0 Å². The third kappa shape index (κ3) is 6.53. The van der Waals surface area contributed by atoms with Crippen molar-refractivity contribution in [2.24, 2.45) is 20.5 Å². The number of hydrogen-bond donors (Lipinski definition) is 1. The van der Waals surface area contributed by atoms with Crippen molar-refractivity contribution in [1.29, 1.82) is 0 Å². The normalized spacial score (nSPS) is 12.4. The van der Waals surface area contributed by atoms with Crippen molar-refractivity contribution < 1.29 is 25.9 Å². The number of rotatable bonds is 8. The lowest BCUT2D eigenvalue weighted by molar-refractivity contribution is 0.461. The largest absolute Gasteiger partial charge is 0.744 e. The number of fused-ring (bicyclic) bond motifs is 2. The first-order valence-corrected chi connectivity index (χ1v) is 16.6. The Bertz CT molecular complexity index is 2410. The highest BCUT2D eigenvalue weighted by Gasteiger charge is 2.15. The molecule has 0 unspecified atom stereocenters. The Morgan fingerprint density at radius 3 is 1.76 bits per heavy atom. The van der Waals surface area contributed by atoms with Gasteiger partial charge in [0.1, 0.15) is 20.2 Å². The van der Waals surface area contributed by atoms with Gasteiger partial charge in [-0.15, -0.1) is 15.3 Å². The second kappa shape index (κ2) is 12.2. The van der Waals surface area contributed by atoms with Crippen molar-refractivity contribution in [1.82, 2.24) is 0 Å². The molecular formula is C33H23N5O6S2-2. The molecule has 0 fully saturated rings. The minimum atomic E-state index is -4.83. The highest BCUT2D eigenvalue weighted by Crippen LogP contribution is 2.40. The minimum Gasteiger partial charge on any atom is -0.744 e. The lowest BCUT2D eigenvalue weighted by Crippen LogP contribution is -2.02. The van der Waals surface area contributed by atoms with E-state index in [0.29, 0.717) is 44.6 Å². The van der Waals surface area contributed by atoms with E-state index >= 15 is 0 Å². The van der Waals surface area contributed by atoms with Gasteiger partial charge in [0.15, 0.2) is 0 Å². The van der Waals surface area contributed by atoms with Gasteiger partial charge in [0.2, 0.25) is 0 Å². The quantitative estimate of drug-likeness (QED) is 0.127. The molecule has 11 nitrogen and oxygen atoms in total. The van der Waals surface area contributed by atoms with E-state index in [0.717, 1.165) is 11.6 Å². The molecule has 230 valence electrons. The molecule has 0 heterocycles. The van der Waals surface area contributed by atoms with Crippen molar-refractivity contribution in [2.75, 3.05) is 5.32 Å². The number of hydrogen-bond acceptors (Lipinski definition) is 11. The number of azo groups is 2. The third-order valence-electron chi connectivity index (χ3n) is 7.10. The van der Waals surface area contributed by atoms with Gasteiger partial charge in [-0.05, 0) is 67.6 Å². The zero-order valence-corrected chi connectivity index (χ0v) is 25.7. The Morgan fingerprint density at radius 2 is 1.13 bits per heavy atom. The fraction of sp³-hybridized carbons (Fsp3) is 0.0303. The van der Waals surface area contributed by atoms with E-state index in [-0.39, 0.29) is 16.0 Å². The fourth-order valence-corrected chi connectivity index (χ4v) is 6.14. The molecule has 0 saturated heterocycles. The molecule has 0 spiro atoms. The van der Waals surface area contributed by atoms with Crippen molar-refractivity contribution in [3.63, 3.8) is 0 Å². The Labute approximate surface area is 264 Å². The minimum absolute atomic E-state index is 0.191. The first-order valence-electron chi connectivity index (χ1n) is 13.7. The van der Waals surface area contributed by atoms with Crippen LogP contribution >= 0.6 is 0 Å². The van der Waals surface area contributed by atoms with Crippen LogP contribution < -0.4 is 5.32 Å². The maximum atomic E-state index is 12.3. The predicted molar refractivity (Wildman–Crippen MR) is 173 cm³/mol. The molecule has 0 bridgehead atoms. The predicted octanol–water partition coefficient (Wildman–Crippen LogP) is 8.68. The summed E-state index contributed by atoms with van der Waals surface area (Å²) < 4.78 is 71.0. The first kappa shape index (κ1) is 30.7. The Kier molecular flexibility index (Phi) is 8.15. The highest BCUT2D eigenvalue weighted by molar-refractivity contribution is 7.86. The van der Waals surface area contributed by atoms with Gasteiger partial charge in [-0.3, -0.25) is 0 Å². The van der Waals surface area contributed by atoms with Crippen molar-refractivity contribution in [2.45, 2.75) is 16.7 Å². The third-order valence-corrected chi connectivity index (χ3v) is 8.81. The topological polar surface area (TPSA) is 176 Å². The number of aryl methyl sites for hydroxylation is 1. The van der Waals surface area contributed by atoms with Crippen LogP contribution in [0.2, 0.25) is 0 Å². The monoisotopic (exact) mass is 649 g/mol. The summed E-state index contributed by atoms with van der Waals surface area (Å²) in [5.74, 6) is 0. The molecule has 0 aliphatic rings. The van der Waals surface area contributed by atoms with Gasteiger partial charge in [0.25, 0.3) is 0 Å². The number of anilines is 2. The van der Waals surface area contributed by atoms with E-state index in [4.69, 9.17) is 0 Å². The van der Waals surface area contributed by atoms with E-state index in [1.807, 2.05) is 55.5 Å². The standard InChI is InChI=1S/C33H25N5O6S2/c1-21-12-14-22(15-13-21)34-31-19-18-30(27-10-5-11-32(33(27)31)46(42,43)44)38-37-29-17-16-28(25-8-2-3-9-26(25)29)36-35-23-6-4-7-24(20-23)45(39,40)41/h2-20,34H,1H3,(H,39,40,41)(H,42,43,44)/p-2. The summed E-state index contributed by atoms with van der Waals surface area (Å²) >= 11 is 0. The SMILES string of the molecule is Cc1ccc(Nc2ccc(N=Nc3ccc(N=Nc4cccc(S(=O)(=O)[O-])c4)c4ccccc34)c3cccc(S(=O)(=O)[O-])c23)cc1. The van der Waals surface area contributed by atoms with Gasteiger partial charge in [0.05, 0.1) is 32.5 Å². The summed E-state index contributed by atoms with van der Waals surface area (Å²) in [5, 5.41) is 22.5. The fourth-order valence-electron chi connectivity index (χ4n) is 4.91. The van der Waals surface area contributed by atoms with Crippen molar-refractivity contribution in [3.8, 4) is 0 Å². The van der Waals surface area contributed by atoms with Crippen molar-refractivity contribution >= 4 is 75.9 Å². The molecule has 0 amide bonds. The van der Waals surface area contributed by atoms with E-state index in [1.54, 1.807) is 30.3 Å². The molecule has 6 aromatic carbocycles. The van der Waals surface area contributed by atoms with Gasteiger partial charge < -0.3 is 14.4 Å². The van der Waals surface area contributed by atoms with Crippen LogP contribution in [0.4, 0.5) is 34.1 Å². The molecule has 0 aromatic heterocycles. The summed E-state index contributed by atoms with van der Waals surface area (Å²) in [6.45, 7) is 1.95. The van der Waals surface area contributed by atoms with Crippen LogP contribution in [0, 0.1) is 6.92 Å². The lowest BCUT2D eigenvalue weighted by Gasteiger charge is -2.16. The van der Waals surface area contributed by atoms with E-state index in [9.17, 15) is 25.9 Å². The zero-order chi connectivity index (χ0) is 32.5. The average Bonchev–Trinajstić information content (AvgIpc) is 3.03. The molecule has 13 heteroatoms. The van der Waals surface area contributed by atoms with Gasteiger partial charge >= 0.3 is 0 Å². The van der Waals surface area contributed by atoms with Crippen LogP contribution in [0.1, 0.15) is 5.56 Å². The van der Waals surface area contributed by atoms with Gasteiger partial charge in [-0.1, -0.05) is 60.2 Å². The maximum absolute atomic E-state index is 12.3. The molecule has 0 saturated carbocycles. The van der Waals surface area contributed by atoms with Gasteiger partial charge in [0, 0.05) is 32.9 Å². The van der Waals surface area contributed by atoms with Crippen LogP contribution in [0.25, 0.3) is 21.5 Å². The van der Waals surface area contributed by atoms with Crippen molar-refractivity contribution in [3.05, 3.63) is 121 Å². The molecule has 0 aliphatic carbocycles. The molecule has 6 rings (SSSR count). The Hall–Kier alpha value is -5.34. The second-order valence-corrected chi connectivity index (χ2v) is 13.0. The molecule has 46 heavy (non-hydrogen) atoms. The average molecular weight is 650 g/mol. The van der Waals surface area contributed by atoms with Crippen LogP contribution in [0.5, 0.6) is 0 Å². The van der Waals surface area contributed by atoms with Gasteiger partial charge in [-0.2, -0.15) is 5.11 Å². The second-order valence-electron chi connectivity index (χ2n) is 10.3. The summed E-state index contributed by atoms with van der Waals surface area (Å²) in [4.78, 5) is -0.786. The molecule has 1 N–H and O–H groups in total. The Morgan fingerprint density at radius 1 is 0.565 bits per heavy atom. The Balaban J connectivity index is 1.40. The number of nitrogens with zero attached hydrogens (tertiary/aromatic N) is 4. The summed E-state index contributed by atoms with van der Waals surface area (Å²) in [5.41, 5.74) is 3.68. The van der Waals surface area contributed by atoms with E-state index < -0.39 is 25.1 Å².